The highest BCUT2D eigenvalue weighted by molar-refractivity contribution is 5.92. The van der Waals surface area contributed by atoms with Gasteiger partial charge in [-0.15, -0.1) is 5.10 Å². The van der Waals surface area contributed by atoms with Gasteiger partial charge in [-0.1, -0.05) is 11.3 Å². The Labute approximate surface area is 134 Å². The molecule has 0 bridgehead atoms. The van der Waals surface area contributed by atoms with Gasteiger partial charge < -0.3 is 5.32 Å². The van der Waals surface area contributed by atoms with Crippen LogP contribution in [0.25, 0.3) is 5.69 Å². The highest BCUT2D eigenvalue weighted by Gasteiger charge is 2.39. The molecule has 0 spiro atoms. The van der Waals surface area contributed by atoms with Crippen LogP contribution in [0.1, 0.15) is 35.3 Å². The van der Waals surface area contributed by atoms with Crippen molar-refractivity contribution >= 4 is 5.91 Å². The van der Waals surface area contributed by atoms with E-state index in [4.69, 9.17) is 5.26 Å². The molecule has 1 fully saturated rings. The Morgan fingerprint density at radius 3 is 2.71 bits per heavy atom. The number of benzene rings is 1. The molecule has 9 heteroatoms. The molecule has 2 aromatic rings. The molecule has 1 amide bonds. The van der Waals surface area contributed by atoms with E-state index >= 15 is 0 Å². The number of hydrogen-bond acceptors (Lipinski definition) is 4. The minimum absolute atomic E-state index is 0.0612. The third kappa shape index (κ3) is 2.95. The van der Waals surface area contributed by atoms with Crippen molar-refractivity contribution in [2.75, 3.05) is 0 Å². The van der Waals surface area contributed by atoms with Crippen LogP contribution in [0.15, 0.2) is 30.5 Å². The molecular formula is C15H12F3N5O. The monoisotopic (exact) mass is 335 g/mol. The van der Waals surface area contributed by atoms with Crippen molar-refractivity contribution in [1.82, 2.24) is 20.3 Å². The Balaban J connectivity index is 1.81. The van der Waals surface area contributed by atoms with Crippen LogP contribution in [0.4, 0.5) is 13.2 Å². The fourth-order valence-electron chi connectivity index (χ4n) is 2.40. The number of rotatable bonds is 3. The summed E-state index contributed by atoms with van der Waals surface area (Å²) in [5, 5.41) is 19.1. The van der Waals surface area contributed by atoms with Crippen molar-refractivity contribution in [2.24, 2.45) is 0 Å². The van der Waals surface area contributed by atoms with Crippen molar-refractivity contribution in [3.8, 4) is 11.8 Å². The molecule has 1 aliphatic carbocycles. The number of nitrogens with one attached hydrogen (secondary N) is 1. The van der Waals surface area contributed by atoms with Gasteiger partial charge >= 0.3 is 6.18 Å². The first-order valence-corrected chi connectivity index (χ1v) is 7.17. The Bertz CT molecular complexity index is 817. The van der Waals surface area contributed by atoms with Crippen LogP contribution in [-0.4, -0.2) is 26.4 Å². The molecule has 0 aliphatic heterocycles. The molecule has 124 valence electrons. The number of amides is 1. The number of carbonyl (C=O) groups excluding carboxylic acids is 1. The Kier molecular flexibility index (Phi) is 3.75. The third-order valence-electron chi connectivity index (χ3n) is 3.94. The summed E-state index contributed by atoms with van der Waals surface area (Å²) in [6.45, 7) is 0. The minimum atomic E-state index is -4.47. The smallest absolute Gasteiger partial charge is 0.332 e. The average Bonchev–Trinajstić information content (AvgIpc) is 3.00. The SMILES string of the molecule is N#CC1(NC(=O)c2cn(-c3cccc(C(F)(F)F)c3)nn2)CCC1. The van der Waals surface area contributed by atoms with Crippen molar-refractivity contribution < 1.29 is 18.0 Å². The van der Waals surface area contributed by atoms with Crippen LogP contribution in [0, 0.1) is 11.3 Å². The molecular weight excluding hydrogens is 323 g/mol. The van der Waals surface area contributed by atoms with Gasteiger partial charge in [0.2, 0.25) is 0 Å². The molecule has 1 saturated carbocycles. The maximum Gasteiger partial charge on any atom is 0.416 e. The van der Waals surface area contributed by atoms with Crippen LogP contribution in [0.2, 0.25) is 0 Å². The number of halogens is 3. The zero-order valence-corrected chi connectivity index (χ0v) is 12.3. The quantitative estimate of drug-likeness (QED) is 0.934. The van der Waals surface area contributed by atoms with Gasteiger partial charge in [-0.25, -0.2) is 4.68 Å². The lowest BCUT2D eigenvalue weighted by atomic mass is 9.78. The zero-order chi connectivity index (χ0) is 17.4. The van der Waals surface area contributed by atoms with Crippen LogP contribution in [0.5, 0.6) is 0 Å². The van der Waals surface area contributed by atoms with Gasteiger partial charge in [-0.2, -0.15) is 18.4 Å². The number of aromatic nitrogens is 3. The molecule has 0 radical (unpaired) electrons. The van der Waals surface area contributed by atoms with E-state index in [1.165, 1.54) is 18.3 Å². The Morgan fingerprint density at radius 1 is 1.38 bits per heavy atom. The van der Waals surface area contributed by atoms with E-state index in [2.05, 4.69) is 21.7 Å². The predicted octanol–water partition coefficient (Wildman–Crippen LogP) is 2.46. The summed E-state index contributed by atoms with van der Waals surface area (Å²) in [7, 11) is 0. The maximum absolute atomic E-state index is 12.7. The summed E-state index contributed by atoms with van der Waals surface area (Å²) in [5.74, 6) is -0.575. The molecule has 1 aromatic heterocycles. The number of hydrogen-bond donors (Lipinski definition) is 1. The normalized spacial score (nSPS) is 16.1. The average molecular weight is 335 g/mol. The molecule has 1 N–H and O–H groups in total. The summed E-state index contributed by atoms with van der Waals surface area (Å²) in [6, 6.07) is 6.60. The van der Waals surface area contributed by atoms with E-state index in [-0.39, 0.29) is 11.4 Å². The summed E-state index contributed by atoms with van der Waals surface area (Å²) >= 11 is 0. The van der Waals surface area contributed by atoms with Gasteiger partial charge in [0.1, 0.15) is 5.54 Å². The molecule has 0 unspecified atom stereocenters. The Morgan fingerprint density at radius 2 is 2.12 bits per heavy atom. The summed E-state index contributed by atoms with van der Waals surface area (Å²) in [4.78, 5) is 12.1. The summed E-state index contributed by atoms with van der Waals surface area (Å²) in [5.41, 5.74) is -1.62. The highest BCUT2D eigenvalue weighted by atomic mass is 19.4. The lowest BCUT2D eigenvalue weighted by molar-refractivity contribution is -0.137. The molecule has 3 rings (SSSR count). The second kappa shape index (κ2) is 5.63. The van der Waals surface area contributed by atoms with Crippen molar-refractivity contribution in [2.45, 2.75) is 31.0 Å². The van der Waals surface area contributed by atoms with Crippen molar-refractivity contribution in [3.05, 3.63) is 41.7 Å². The fourth-order valence-corrected chi connectivity index (χ4v) is 2.40. The van der Waals surface area contributed by atoms with E-state index in [9.17, 15) is 18.0 Å². The first-order valence-electron chi connectivity index (χ1n) is 7.17. The number of nitrogens with zero attached hydrogens (tertiary/aromatic N) is 4. The highest BCUT2D eigenvalue weighted by Crippen LogP contribution is 2.31. The second-order valence-electron chi connectivity index (χ2n) is 5.60. The third-order valence-corrected chi connectivity index (χ3v) is 3.94. The molecule has 0 atom stereocenters. The summed E-state index contributed by atoms with van der Waals surface area (Å²) < 4.78 is 39.3. The first kappa shape index (κ1) is 16.0. The van der Waals surface area contributed by atoms with E-state index < -0.39 is 23.2 Å². The molecule has 6 nitrogen and oxygen atoms in total. The molecule has 1 aromatic carbocycles. The first-order chi connectivity index (χ1) is 11.3. The minimum Gasteiger partial charge on any atom is -0.332 e. The number of alkyl halides is 3. The van der Waals surface area contributed by atoms with Gasteiger partial charge in [-0.05, 0) is 37.5 Å². The number of carbonyl (C=O) groups is 1. The molecule has 1 heterocycles. The van der Waals surface area contributed by atoms with Gasteiger partial charge in [0.15, 0.2) is 5.69 Å². The molecule has 1 aliphatic rings. The second-order valence-corrected chi connectivity index (χ2v) is 5.60. The van der Waals surface area contributed by atoms with Gasteiger partial charge in [0.05, 0.1) is 23.5 Å². The molecule has 0 saturated heterocycles. The van der Waals surface area contributed by atoms with E-state index in [0.29, 0.717) is 12.8 Å². The van der Waals surface area contributed by atoms with Gasteiger partial charge in [0, 0.05) is 0 Å². The van der Waals surface area contributed by atoms with Crippen LogP contribution in [0.3, 0.4) is 0 Å². The van der Waals surface area contributed by atoms with E-state index in [0.717, 1.165) is 23.2 Å². The van der Waals surface area contributed by atoms with E-state index in [1.807, 2.05) is 0 Å². The van der Waals surface area contributed by atoms with Crippen LogP contribution >= 0.6 is 0 Å². The van der Waals surface area contributed by atoms with E-state index in [1.54, 1.807) is 0 Å². The lowest BCUT2D eigenvalue weighted by Gasteiger charge is -2.35. The van der Waals surface area contributed by atoms with Crippen LogP contribution in [-0.2, 0) is 6.18 Å². The number of nitriles is 1. The summed E-state index contributed by atoms with van der Waals surface area (Å²) in [6.07, 6.45) is -1.26. The molecule has 24 heavy (non-hydrogen) atoms. The van der Waals surface area contributed by atoms with Gasteiger partial charge in [0.25, 0.3) is 5.91 Å². The maximum atomic E-state index is 12.7. The Hall–Kier alpha value is -2.89. The lowest BCUT2D eigenvalue weighted by Crippen LogP contribution is -2.52. The topological polar surface area (TPSA) is 83.6 Å². The van der Waals surface area contributed by atoms with Crippen LogP contribution < -0.4 is 5.32 Å². The van der Waals surface area contributed by atoms with Gasteiger partial charge in [-0.3, -0.25) is 4.79 Å². The zero-order valence-electron chi connectivity index (χ0n) is 12.3. The largest absolute Gasteiger partial charge is 0.416 e. The standard InChI is InChI=1S/C15H12F3N5O/c16-15(17,18)10-3-1-4-11(7-10)23-8-12(21-22-23)13(24)20-14(9-19)5-2-6-14/h1,3-4,7-8H,2,5-6H2,(H,20,24). The fraction of sp³-hybridized carbons (Fsp3) is 0.333. The van der Waals surface area contributed by atoms with Crippen molar-refractivity contribution in [1.29, 1.82) is 5.26 Å². The predicted molar refractivity (Wildman–Crippen MR) is 76.0 cm³/mol. The van der Waals surface area contributed by atoms with Crippen molar-refractivity contribution in [3.63, 3.8) is 0 Å².